The fourth-order valence-corrected chi connectivity index (χ4v) is 1.54. The number of hydrogen-bond donors (Lipinski definition) is 6. The van der Waals surface area contributed by atoms with E-state index in [1.165, 1.54) is 13.1 Å². The van der Waals surface area contributed by atoms with Crippen LogP contribution in [-0.2, 0) is 15.7 Å². The van der Waals surface area contributed by atoms with Gasteiger partial charge in [0.05, 0.1) is 18.5 Å². The van der Waals surface area contributed by atoms with E-state index in [-0.39, 0.29) is 28.5 Å². The van der Waals surface area contributed by atoms with Gasteiger partial charge in [0.15, 0.2) is 0 Å². The molecule has 0 aliphatic carbocycles. The number of nitrogens with two attached hydrogens (primary N) is 1. The standard InChI is InChI=1S/C9H14N5O6P/c1-5-8(15)7(3-12-13-9(10)14-16)6(2-11-5)4-20-21(17,18)19/h2-3,15-16H,4H2,1H3,(H3,10,13,14)(H2,17,18,19)/b12-3+. The number of guanidine groups is 1. The van der Waals surface area contributed by atoms with E-state index in [0.29, 0.717) is 0 Å². The van der Waals surface area contributed by atoms with Gasteiger partial charge >= 0.3 is 7.82 Å². The van der Waals surface area contributed by atoms with Gasteiger partial charge in [-0.05, 0) is 6.92 Å². The number of rotatable bonds is 5. The minimum atomic E-state index is -4.67. The van der Waals surface area contributed by atoms with Gasteiger partial charge < -0.3 is 20.6 Å². The van der Waals surface area contributed by atoms with Crippen molar-refractivity contribution in [2.24, 2.45) is 15.9 Å². The van der Waals surface area contributed by atoms with Crippen LogP contribution in [0.4, 0.5) is 0 Å². The van der Waals surface area contributed by atoms with Gasteiger partial charge in [-0.2, -0.15) is 5.10 Å². The molecule has 1 heterocycles. The molecule has 21 heavy (non-hydrogen) atoms. The Morgan fingerprint density at radius 2 is 2.29 bits per heavy atom. The van der Waals surface area contributed by atoms with Crippen molar-refractivity contribution < 1.29 is 29.2 Å². The van der Waals surface area contributed by atoms with Gasteiger partial charge in [0.2, 0.25) is 5.96 Å². The van der Waals surface area contributed by atoms with Crippen molar-refractivity contribution in [1.29, 1.82) is 0 Å². The van der Waals surface area contributed by atoms with E-state index < -0.39 is 14.4 Å². The first-order valence-corrected chi connectivity index (χ1v) is 6.91. The van der Waals surface area contributed by atoms with Gasteiger partial charge in [0, 0.05) is 17.3 Å². The Bertz CT molecular complexity index is 613. The first-order valence-electron chi connectivity index (χ1n) is 5.38. The van der Waals surface area contributed by atoms with Crippen LogP contribution in [0.1, 0.15) is 16.8 Å². The van der Waals surface area contributed by atoms with Crippen LogP contribution in [0, 0.1) is 6.92 Å². The van der Waals surface area contributed by atoms with Gasteiger partial charge in [-0.25, -0.2) is 10.0 Å². The molecule has 0 bridgehead atoms. The summed E-state index contributed by atoms with van der Waals surface area (Å²) < 4.78 is 15.0. The number of phosphoric acid groups is 1. The second kappa shape index (κ2) is 7.11. The van der Waals surface area contributed by atoms with E-state index in [9.17, 15) is 9.67 Å². The van der Waals surface area contributed by atoms with E-state index in [2.05, 4.69) is 19.7 Å². The number of phosphoric ester groups is 1. The SMILES string of the molecule is Cc1ncc(COP(=O)(O)O)c(/C=N/N=C(/N)NO)c1O. The van der Waals surface area contributed by atoms with Crippen LogP contribution in [0.2, 0.25) is 0 Å². The Labute approximate surface area is 119 Å². The topological polar surface area (TPSA) is 183 Å². The average Bonchev–Trinajstić information content (AvgIpc) is 2.41. The zero-order valence-electron chi connectivity index (χ0n) is 10.8. The highest BCUT2D eigenvalue weighted by molar-refractivity contribution is 7.46. The van der Waals surface area contributed by atoms with Crippen LogP contribution in [0.25, 0.3) is 0 Å². The van der Waals surface area contributed by atoms with E-state index in [4.69, 9.17) is 20.7 Å². The van der Waals surface area contributed by atoms with E-state index in [0.717, 1.165) is 6.21 Å². The number of aromatic hydroxyl groups is 1. The van der Waals surface area contributed by atoms with Crippen LogP contribution in [-0.4, -0.2) is 37.3 Å². The lowest BCUT2D eigenvalue weighted by molar-refractivity contribution is 0.188. The number of hydrogen-bond acceptors (Lipinski definition) is 7. The van der Waals surface area contributed by atoms with Crippen molar-refractivity contribution in [3.05, 3.63) is 23.0 Å². The number of hydroxylamine groups is 1. The highest BCUT2D eigenvalue weighted by Crippen LogP contribution is 2.37. The van der Waals surface area contributed by atoms with Gasteiger partial charge in [-0.15, -0.1) is 5.10 Å². The molecule has 11 nitrogen and oxygen atoms in total. The van der Waals surface area contributed by atoms with Crippen molar-refractivity contribution >= 4 is 20.0 Å². The maximum absolute atomic E-state index is 10.7. The van der Waals surface area contributed by atoms with Crippen LogP contribution >= 0.6 is 7.82 Å². The van der Waals surface area contributed by atoms with Gasteiger partial charge in [-0.1, -0.05) is 0 Å². The molecule has 0 aliphatic rings. The monoisotopic (exact) mass is 319 g/mol. The molecular formula is C9H14N5O6P. The zero-order valence-corrected chi connectivity index (χ0v) is 11.7. The summed E-state index contributed by atoms with van der Waals surface area (Å²) in [5.41, 5.74) is 7.23. The number of pyridine rings is 1. The fourth-order valence-electron chi connectivity index (χ4n) is 1.24. The third-order valence-corrected chi connectivity index (χ3v) is 2.68. The van der Waals surface area contributed by atoms with E-state index >= 15 is 0 Å². The molecule has 1 rings (SSSR count). The minimum Gasteiger partial charge on any atom is -0.505 e. The zero-order chi connectivity index (χ0) is 16.0. The summed E-state index contributed by atoms with van der Waals surface area (Å²) in [6.07, 6.45) is 2.34. The van der Waals surface area contributed by atoms with Crippen molar-refractivity contribution in [1.82, 2.24) is 10.5 Å². The summed E-state index contributed by atoms with van der Waals surface area (Å²) >= 11 is 0. The maximum atomic E-state index is 10.7. The molecule has 1 aromatic heterocycles. The summed E-state index contributed by atoms with van der Waals surface area (Å²) in [5, 5.41) is 25.1. The third-order valence-electron chi connectivity index (χ3n) is 2.21. The fraction of sp³-hybridized carbons (Fsp3) is 0.222. The Morgan fingerprint density at radius 3 is 2.86 bits per heavy atom. The molecule has 116 valence electrons. The lowest BCUT2D eigenvalue weighted by atomic mass is 10.1. The Balaban J connectivity index is 3.09. The minimum absolute atomic E-state index is 0.102. The molecule has 0 atom stereocenters. The lowest BCUT2D eigenvalue weighted by Crippen LogP contribution is -2.27. The lowest BCUT2D eigenvalue weighted by Gasteiger charge is -2.10. The molecule has 0 radical (unpaired) electrons. The molecule has 0 aromatic carbocycles. The number of aromatic nitrogens is 1. The number of nitrogens with zero attached hydrogens (tertiary/aromatic N) is 3. The number of nitrogens with one attached hydrogen (secondary N) is 1. The molecule has 0 aliphatic heterocycles. The maximum Gasteiger partial charge on any atom is 0.469 e. The highest BCUT2D eigenvalue weighted by atomic mass is 31.2. The Hall–Kier alpha value is -2.04. The predicted molar refractivity (Wildman–Crippen MR) is 71.6 cm³/mol. The van der Waals surface area contributed by atoms with Crippen molar-refractivity contribution in [2.45, 2.75) is 13.5 Å². The molecule has 0 fully saturated rings. The first-order chi connectivity index (χ1) is 9.74. The Morgan fingerprint density at radius 1 is 1.62 bits per heavy atom. The predicted octanol–water partition coefficient (Wildman–Crippen LogP) is -0.668. The summed E-state index contributed by atoms with van der Waals surface area (Å²) in [5.74, 6) is -0.638. The van der Waals surface area contributed by atoms with Crippen LogP contribution < -0.4 is 11.2 Å². The molecule has 12 heteroatoms. The summed E-state index contributed by atoms with van der Waals surface area (Å²) in [6, 6.07) is 0. The van der Waals surface area contributed by atoms with Crippen LogP contribution in [0.15, 0.2) is 16.4 Å². The first kappa shape index (κ1) is 17.0. The van der Waals surface area contributed by atoms with Crippen molar-refractivity contribution in [3.63, 3.8) is 0 Å². The summed E-state index contributed by atoms with van der Waals surface area (Å²) in [4.78, 5) is 21.2. The molecule has 0 amide bonds. The van der Waals surface area contributed by atoms with Gasteiger partial charge in [0.25, 0.3) is 0 Å². The second-order valence-corrected chi connectivity index (χ2v) is 4.98. The summed E-state index contributed by atoms with van der Waals surface area (Å²) in [6.45, 7) is 1.02. The van der Waals surface area contributed by atoms with Crippen LogP contribution in [0.3, 0.4) is 0 Å². The van der Waals surface area contributed by atoms with Gasteiger partial charge in [0.1, 0.15) is 5.75 Å². The largest absolute Gasteiger partial charge is 0.505 e. The quantitative estimate of drug-likeness (QED) is 0.177. The molecule has 7 N–H and O–H groups in total. The summed E-state index contributed by atoms with van der Waals surface area (Å²) in [7, 11) is -4.67. The van der Waals surface area contributed by atoms with Crippen LogP contribution in [0.5, 0.6) is 5.75 Å². The molecule has 1 aromatic rings. The van der Waals surface area contributed by atoms with Gasteiger partial charge in [-0.3, -0.25) is 14.7 Å². The third kappa shape index (κ3) is 5.45. The molecule has 0 saturated carbocycles. The highest BCUT2D eigenvalue weighted by Gasteiger charge is 2.17. The molecular weight excluding hydrogens is 305 g/mol. The average molecular weight is 319 g/mol. The molecule has 0 saturated heterocycles. The normalized spacial score (nSPS) is 12.9. The van der Waals surface area contributed by atoms with Crippen molar-refractivity contribution in [3.8, 4) is 5.75 Å². The van der Waals surface area contributed by atoms with E-state index in [1.807, 2.05) is 0 Å². The number of aryl methyl sites for hydroxylation is 1. The molecule has 0 spiro atoms. The smallest absolute Gasteiger partial charge is 0.469 e. The van der Waals surface area contributed by atoms with E-state index in [1.54, 1.807) is 5.48 Å². The molecule has 0 unspecified atom stereocenters. The van der Waals surface area contributed by atoms with Crippen molar-refractivity contribution in [2.75, 3.05) is 0 Å². The Kier molecular flexibility index (Phi) is 5.76. The second-order valence-electron chi connectivity index (χ2n) is 3.74.